The molecule has 0 saturated carbocycles. The van der Waals surface area contributed by atoms with Gasteiger partial charge in [0.25, 0.3) is 5.91 Å². The lowest BCUT2D eigenvalue weighted by molar-refractivity contribution is -0.136. The number of hydrogen-bond donors (Lipinski definition) is 1. The van der Waals surface area contributed by atoms with E-state index in [9.17, 15) is 14.4 Å². The number of carbonyl (C=O) groups is 3. The fourth-order valence-electron chi connectivity index (χ4n) is 3.50. The summed E-state index contributed by atoms with van der Waals surface area (Å²) in [7, 11) is 0. The zero-order valence-electron chi connectivity index (χ0n) is 13.6. The number of nitrogens with zero attached hydrogens (tertiary/aromatic N) is 1. The topological polar surface area (TPSA) is 66.5 Å². The average Bonchev–Trinajstić information content (AvgIpc) is 2.84. The highest BCUT2D eigenvalue weighted by atomic mass is 16.2. The highest BCUT2D eigenvalue weighted by Gasteiger charge is 2.39. The molecule has 2 heterocycles. The van der Waals surface area contributed by atoms with Crippen LogP contribution in [-0.2, 0) is 16.1 Å². The van der Waals surface area contributed by atoms with Crippen LogP contribution in [0.15, 0.2) is 18.2 Å². The third-order valence-electron chi connectivity index (χ3n) is 4.84. The summed E-state index contributed by atoms with van der Waals surface area (Å²) in [6.07, 6.45) is 2.93. The molecule has 1 aromatic rings. The smallest absolute Gasteiger partial charge is 0.255 e. The van der Waals surface area contributed by atoms with E-state index in [-0.39, 0.29) is 24.1 Å². The highest BCUT2D eigenvalue weighted by Crippen LogP contribution is 2.30. The van der Waals surface area contributed by atoms with Crippen LogP contribution >= 0.6 is 0 Å². The second kappa shape index (κ2) is 6.14. The Morgan fingerprint density at radius 1 is 1.30 bits per heavy atom. The Hall–Kier alpha value is -2.17. The van der Waals surface area contributed by atoms with Crippen molar-refractivity contribution in [3.05, 3.63) is 34.9 Å². The summed E-state index contributed by atoms with van der Waals surface area (Å²) in [4.78, 5) is 37.5. The molecule has 5 heteroatoms. The van der Waals surface area contributed by atoms with E-state index in [1.807, 2.05) is 12.1 Å². The van der Waals surface area contributed by atoms with Crippen LogP contribution in [0.5, 0.6) is 0 Å². The Labute approximate surface area is 136 Å². The average molecular weight is 314 g/mol. The van der Waals surface area contributed by atoms with Gasteiger partial charge in [0.05, 0.1) is 0 Å². The van der Waals surface area contributed by atoms with Gasteiger partial charge in [0.1, 0.15) is 6.04 Å². The normalized spacial score (nSPS) is 22.1. The maximum atomic E-state index is 12.6. The number of rotatable bonds is 4. The van der Waals surface area contributed by atoms with Gasteiger partial charge in [-0.15, -0.1) is 0 Å². The quantitative estimate of drug-likeness (QED) is 0.868. The Balaban J connectivity index is 1.81. The first-order valence-electron chi connectivity index (χ1n) is 8.28. The van der Waals surface area contributed by atoms with Crippen molar-refractivity contribution in [3.8, 4) is 0 Å². The van der Waals surface area contributed by atoms with Gasteiger partial charge in [-0.05, 0) is 36.0 Å². The molecule has 1 fully saturated rings. The molecule has 1 saturated heterocycles. The first-order chi connectivity index (χ1) is 11.0. The van der Waals surface area contributed by atoms with Gasteiger partial charge < -0.3 is 4.90 Å². The predicted molar refractivity (Wildman–Crippen MR) is 85.8 cm³/mol. The SMILES string of the molecule is CCCC(C)c1ccc2c(c1)CN(C1CCC(=O)NC1=O)C2=O. The first-order valence-corrected chi connectivity index (χ1v) is 8.28. The molecule has 0 radical (unpaired) electrons. The van der Waals surface area contributed by atoms with Crippen molar-refractivity contribution in [1.29, 1.82) is 0 Å². The lowest BCUT2D eigenvalue weighted by atomic mass is 9.94. The summed E-state index contributed by atoms with van der Waals surface area (Å²) < 4.78 is 0. The van der Waals surface area contributed by atoms with Crippen LogP contribution in [0, 0.1) is 0 Å². The minimum absolute atomic E-state index is 0.107. The molecule has 2 aliphatic heterocycles. The lowest BCUT2D eigenvalue weighted by Crippen LogP contribution is -2.52. The largest absolute Gasteiger partial charge is 0.322 e. The van der Waals surface area contributed by atoms with Crippen molar-refractivity contribution < 1.29 is 14.4 Å². The molecule has 0 aromatic heterocycles. The van der Waals surface area contributed by atoms with E-state index in [0.29, 0.717) is 24.4 Å². The van der Waals surface area contributed by atoms with Crippen LogP contribution in [0.4, 0.5) is 0 Å². The molecule has 3 amide bonds. The van der Waals surface area contributed by atoms with Crippen LogP contribution in [0.1, 0.15) is 66.9 Å². The molecule has 5 nitrogen and oxygen atoms in total. The van der Waals surface area contributed by atoms with Gasteiger partial charge in [-0.25, -0.2) is 0 Å². The summed E-state index contributed by atoms with van der Waals surface area (Å²) in [5.74, 6) is -0.262. The van der Waals surface area contributed by atoms with Crippen LogP contribution in [0.25, 0.3) is 0 Å². The van der Waals surface area contributed by atoms with E-state index in [2.05, 4.69) is 25.2 Å². The maximum absolute atomic E-state index is 12.6. The number of benzene rings is 1. The third-order valence-corrected chi connectivity index (χ3v) is 4.84. The summed E-state index contributed by atoms with van der Waals surface area (Å²) >= 11 is 0. The summed E-state index contributed by atoms with van der Waals surface area (Å²) in [6.45, 7) is 4.81. The second-order valence-electron chi connectivity index (χ2n) is 6.51. The number of imide groups is 1. The fraction of sp³-hybridized carbons (Fsp3) is 0.500. The van der Waals surface area contributed by atoms with E-state index in [1.54, 1.807) is 4.90 Å². The Kier molecular flexibility index (Phi) is 4.20. The maximum Gasteiger partial charge on any atom is 0.255 e. The van der Waals surface area contributed by atoms with Crippen LogP contribution in [0.2, 0.25) is 0 Å². The van der Waals surface area contributed by atoms with E-state index in [4.69, 9.17) is 0 Å². The molecular formula is C18H22N2O3. The molecule has 2 aliphatic rings. The number of nitrogens with one attached hydrogen (secondary N) is 1. The van der Waals surface area contributed by atoms with Crippen molar-refractivity contribution in [2.24, 2.45) is 0 Å². The zero-order valence-corrected chi connectivity index (χ0v) is 13.6. The number of hydrogen-bond acceptors (Lipinski definition) is 3. The lowest BCUT2D eigenvalue weighted by Gasteiger charge is -2.29. The number of amides is 3. The minimum Gasteiger partial charge on any atom is -0.322 e. The molecule has 2 unspecified atom stereocenters. The van der Waals surface area contributed by atoms with Gasteiger partial charge in [0.2, 0.25) is 11.8 Å². The molecule has 0 bridgehead atoms. The van der Waals surface area contributed by atoms with Crippen LogP contribution in [-0.4, -0.2) is 28.7 Å². The molecule has 1 N–H and O–H groups in total. The molecule has 0 spiro atoms. The summed E-state index contributed by atoms with van der Waals surface area (Å²) in [5.41, 5.74) is 2.91. The number of fused-ring (bicyclic) bond motifs is 1. The molecule has 23 heavy (non-hydrogen) atoms. The van der Waals surface area contributed by atoms with Crippen molar-refractivity contribution >= 4 is 17.7 Å². The van der Waals surface area contributed by atoms with Gasteiger partial charge in [-0.3, -0.25) is 19.7 Å². The van der Waals surface area contributed by atoms with Gasteiger partial charge in [-0.2, -0.15) is 0 Å². The van der Waals surface area contributed by atoms with Gasteiger partial charge in [-0.1, -0.05) is 32.4 Å². The molecule has 2 atom stereocenters. The van der Waals surface area contributed by atoms with E-state index in [0.717, 1.165) is 18.4 Å². The minimum atomic E-state index is -0.538. The number of piperidine rings is 1. The molecular weight excluding hydrogens is 292 g/mol. The van der Waals surface area contributed by atoms with E-state index in [1.165, 1.54) is 5.56 Å². The van der Waals surface area contributed by atoms with Gasteiger partial charge >= 0.3 is 0 Å². The molecule has 1 aromatic carbocycles. The van der Waals surface area contributed by atoms with Crippen LogP contribution in [0.3, 0.4) is 0 Å². The Morgan fingerprint density at radius 2 is 2.09 bits per heavy atom. The predicted octanol–water partition coefficient (Wildman–Crippen LogP) is 2.35. The van der Waals surface area contributed by atoms with Crippen molar-refractivity contribution in [1.82, 2.24) is 10.2 Å². The Morgan fingerprint density at radius 3 is 2.78 bits per heavy atom. The fourth-order valence-corrected chi connectivity index (χ4v) is 3.50. The van der Waals surface area contributed by atoms with Gasteiger partial charge in [0, 0.05) is 18.5 Å². The first kappa shape index (κ1) is 15.7. The molecule has 122 valence electrons. The molecule has 0 aliphatic carbocycles. The van der Waals surface area contributed by atoms with E-state index < -0.39 is 6.04 Å². The van der Waals surface area contributed by atoms with Crippen molar-refractivity contribution in [3.63, 3.8) is 0 Å². The number of carbonyl (C=O) groups excluding carboxylic acids is 3. The zero-order chi connectivity index (χ0) is 16.6. The van der Waals surface area contributed by atoms with Crippen LogP contribution < -0.4 is 5.32 Å². The monoisotopic (exact) mass is 314 g/mol. The van der Waals surface area contributed by atoms with Gasteiger partial charge in [0.15, 0.2) is 0 Å². The van der Waals surface area contributed by atoms with Crippen molar-refractivity contribution in [2.75, 3.05) is 0 Å². The van der Waals surface area contributed by atoms with E-state index >= 15 is 0 Å². The third kappa shape index (κ3) is 2.87. The second-order valence-corrected chi connectivity index (χ2v) is 6.51. The summed E-state index contributed by atoms with van der Waals surface area (Å²) in [6, 6.07) is 5.46. The highest BCUT2D eigenvalue weighted by molar-refractivity contribution is 6.05. The standard InChI is InChI=1S/C18H22N2O3/c1-3-4-11(2)12-5-6-14-13(9-12)10-20(18(14)23)15-7-8-16(21)19-17(15)22/h5-6,9,11,15H,3-4,7-8,10H2,1-2H3,(H,19,21,22). The molecule has 3 rings (SSSR count). The summed E-state index contributed by atoms with van der Waals surface area (Å²) in [5, 5.41) is 2.33. The Bertz CT molecular complexity index is 668. The van der Waals surface area contributed by atoms with Crippen molar-refractivity contribution in [2.45, 2.75) is 58.0 Å².